The van der Waals surface area contributed by atoms with Crippen molar-refractivity contribution >= 4 is 7.67 Å². The molecule has 0 aromatic rings. The van der Waals surface area contributed by atoms with Crippen molar-refractivity contribution < 1.29 is 18.6 Å². The highest BCUT2D eigenvalue weighted by atomic mass is 31.2. The van der Waals surface area contributed by atoms with Crippen molar-refractivity contribution in [1.82, 2.24) is 9.34 Å². The second-order valence-electron chi connectivity index (χ2n) is 10.7. The highest BCUT2D eigenvalue weighted by Gasteiger charge is 2.63. The van der Waals surface area contributed by atoms with Crippen LogP contribution in [0.15, 0.2) is 11.6 Å². The van der Waals surface area contributed by atoms with Crippen molar-refractivity contribution in [3.8, 4) is 0 Å². The van der Waals surface area contributed by atoms with Gasteiger partial charge in [0.25, 0.3) is 0 Å². The van der Waals surface area contributed by atoms with E-state index in [4.69, 9.17) is 14.0 Å². The molecular weight excluding hydrogens is 387 g/mol. The monoisotopic (exact) mass is 428 g/mol. The molecule has 3 aliphatic rings. The zero-order valence-corrected chi connectivity index (χ0v) is 20.7. The molecule has 0 radical (unpaired) electrons. The molecule has 0 spiro atoms. The van der Waals surface area contributed by atoms with Gasteiger partial charge >= 0.3 is 7.67 Å². The van der Waals surface area contributed by atoms with Crippen molar-refractivity contribution in [2.24, 2.45) is 22.7 Å². The molecule has 0 bridgehead atoms. The van der Waals surface area contributed by atoms with Crippen LogP contribution in [0.25, 0.3) is 0 Å². The van der Waals surface area contributed by atoms with E-state index in [0.717, 1.165) is 19.3 Å². The third-order valence-corrected chi connectivity index (χ3v) is 10.1. The third kappa shape index (κ3) is 3.90. The lowest BCUT2D eigenvalue weighted by atomic mass is 9.47. The Labute approximate surface area is 177 Å². The van der Waals surface area contributed by atoms with Gasteiger partial charge in [-0.05, 0) is 79.6 Å². The van der Waals surface area contributed by atoms with Crippen molar-refractivity contribution in [3.63, 3.8) is 0 Å². The molecule has 2 aliphatic carbocycles. The van der Waals surface area contributed by atoms with Gasteiger partial charge in [-0.3, -0.25) is 4.57 Å². The predicted octanol–water partition coefficient (Wildman–Crippen LogP) is 4.77. The Hall–Kier alpha value is -0.230. The normalized spacial score (nSPS) is 36.5. The lowest BCUT2D eigenvalue weighted by Gasteiger charge is -2.60. The number of allylic oxidation sites excluding steroid dienone is 1. The molecule has 168 valence electrons. The van der Waals surface area contributed by atoms with Crippen LogP contribution in [0.5, 0.6) is 0 Å². The van der Waals surface area contributed by atoms with Crippen LogP contribution in [0.4, 0.5) is 0 Å². The van der Waals surface area contributed by atoms with Crippen LogP contribution in [0.3, 0.4) is 0 Å². The van der Waals surface area contributed by atoms with Crippen molar-refractivity contribution in [2.45, 2.75) is 65.8 Å². The van der Waals surface area contributed by atoms with Crippen LogP contribution in [-0.2, 0) is 18.6 Å². The maximum absolute atomic E-state index is 13.6. The average molecular weight is 429 g/mol. The summed E-state index contributed by atoms with van der Waals surface area (Å²) in [6.07, 6.45) is 5.49. The highest BCUT2D eigenvalue weighted by Crippen LogP contribution is 2.64. The number of nitrogens with zero attached hydrogens (tertiary/aromatic N) is 2. The van der Waals surface area contributed by atoms with Crippen LogP contribution in [0.1, 0.15) is 53.9 Å². The summed E-state index contributed by atoms with van der Waals surface area (Å²) >= 11 is 0. The van der Waals surface area contributed by atoms with Gasteiger partial charge in [0, 0.05) is 11.3 Å². The maximum atomic E-state index is 13.6. The van der Waals surface area contributed by atoms with Crippen LogP contribution in [0, 0.1) is 22.7 Å². The van der Waals surface area contributed by atoms with Gasteiger partial charge in [0.1, 0.15) is 0 Å². The summed E-state index contributed by atoms with van der Waals surface area (Å²) in [5.74, 6) is -0.0446. The lowest BCUT2D eigenvalue weighted by Crippen LogP contribution is -2.60. The van der Waals surface area contributed by atoms with E-state index in [2.05, 4.69) is 26.8 Å². The van der Waals surface area contributed by atoms with Crippen LogP contribution in [0.2, 0.25) is 0 Å². The first-order chi connectivity index (χ1) is 13.3. The number of hydrogen-bond donors (Lipinski definition) is 0. The first kappa shape index (κ1) is 23.4. The van der Waals surface area contributed by atoms with Gasteiger partial charge in [-0.1, -0.05) is 25.5 Å². The largest absolute Gasteiger partial charge is 0.350 e. The summed E-state index contributed by atoms with van der Waals surface area (Å²) in [6, 6.07) is 0. The molecule has 1 aliphatic heterocycles. The first-order valence-corrected chi connectivity index (χ1v) is 12.4. The van der Waals surface area contributed by atoms with Gasteiger partial charge < -0.3 is 14.0 Å². The Morgan fingerprint density at radius 1 is 1.17 bits per heavy atom. The van der Waals surface area contributed by atoms with Gasteiger partial charge in [0.15, 0.2) is 5.79 Å². The first-order valence-electron chi connectivity index (χ1n) is 10.8. The van der Waals surface area contributed by atoms with Crippen LogP contribution in [-0.4, -0.2) is 62.6 Å². The minimum atomic E-state index is -3.10. The summed E-state index contributed by atoms with van der Waals surface area (Å²) < 4.78 is 36.3. The fourth-order valence-corrected chi connectivity index (χ4v) is 7.54. The average Bonchev–Trinajstić information content (AvgIpc) is 2.72. The van der Waals surface area contributed by atoms with Crippen LogP contribution >= 0.6 is 7.67 Å². The Morgan fingerprint density at radius 2 is 1.79 bits per heavy atom. The van der Waals surface area contributed by atoms with E-state index in [1.807, 2.05) is 42.0 Å². The van der Waals surface area contributed by atoms with Gasteiger partial charge in [0.05, 0.1) is 19.3 Å². The standard InChI is InChI=1S/C22H41N2O4P/c1-16-10-11-18-20(2,3)13-12-19-22(18,17(16)14-26-21(4,5)28-19)15-27-29(25,23(6)7)24(8)9/h10,17-19H,11-15H2,1-9H3/t17-,18-,19+,22-/m1/s1. The summed E-state index contributed by atoms with van der Waals surface area (Å²) in [4.78, 5) is 0. The fourth-order valence-electron chi connectivity index (χ4n) is 5.97. The molecule has 1 saturated heterocycles. The molecule has 2 fully saturated rings. The van der Waals surface area contributed by atoms with Crippen molar-refractivity contribution in [1.29, 1.82) is 0 Å². The van der Waals surface area contributed by atoms with Gasteiger partial charge in [-0.2, -0.15) is 0 Å². The summed E-state index contributed by atoms with van der Waals surface area (Å²) in [5, 5.41) is 0. The Balaban J connectivity index is 2.09. The van der Waals surface area contributed by atoms with Gasteiger partial charge in [-0.25, -0.2) is 9.34 Å². The van der Waals surface area contributed by atoms with E-state index in [1.54, 1.807) is 9.34 Å². The van der Waals surface area contributed by atoms with Gasteiger partial charge in [0.2, 0.25) is 0 Å². The van der Waals surface area contributed by atoms with E-state index < -0.39 is 13.5 Å². The Kier molecular flexibility index (Phi) is 6.24. The van der Waals surface area contributed by atoms with E-state index in [-0.39, 0.29) is 22.9 Å². The number of hydrogen-bond acceptors (Lipinski definition) is 4. The smallest absolute Gasteiger partial charge is 0.345 e. The second-order valence-corrected chi connectivity index (χ2v) is 13.5. The van der Waals surface area contributed by atoms with Crippen molar-refractivity contribution in [2.75, 3.05) is 41.4 Å². The van der Waals surface area contributed by atoms with E-state index in [0.29, 0.717) is 19.1 Å². The molecule has 4 atom stereocenters. The molecule has 0 unspecified atom stereocenters. The molecule has 6 nitrogen and oxygen atoms in total. The molecule has 0 amide bonds. The summed E-state index contributed by atoms with van der Waals surface area (Å²) in [5.41, 5.74) is 1.25. The number of rotatable bonds is 5. The molecule has 3 rings (SSSR count). The molecule has 7 heteroatoms. The zero-order valence-electron chi connectivity index (χ0n) is 19.8. The molecular formula is C22H41N2O4P. The third-order valence-electron chi connectivity index (χ3n) is 7.63. The predicted molar refractivity (Wildman–Crippen MR) is 117 cm³/mol. The summed E-state index contributed by atoms with van der Waals surface area (Å²) in [7, 11) is 4.19. The van der Waals surface area contributed by atoms with Gasteiger partial charge in [-0.15, -0.1) is 0 Å². The quantitative estimate of drug-likeness (QED) is 0.464. The number of ether oxygens (including phenoxy) is 2. The lowest BCUT2D eigenvalue weighted by molar-refractivity contribution is -0.253. The van der Waals surface area contributed by atoms with E-state index >= 15 is 0 Å². The zero-order chi connectivity index (χ0) is 21.8. The molecule has 1 saturated carbocycles. The topological polar surface area (TPSA) is 51.2 Å². The second kappa shape index (κ2) is 7.72. The fraction of sp³-hybridized carbons (Fsp3) is 0.909. The molecule has 1 heterocycles. The minimum absolute atomic E-state index is 0.0180. The molecule has 0 aromatic carbocycles. The summed E-state index contributed by atoms with van der Waals surface area (Å²) in [6.45, 7) is 12.0. The minimum Gasteiger partial charge on any atom is -0.350 e. The highest BCUT2D eigenvalue weighted by molar-refractivity contribution is 7.53. The SMILES string of the molecule is CC1=CC[C@@H]2C(C)(C)CC[C@@H]3OC(C)(C)OC[C@H]1[C@@]32COP(=O)(N(C)C)N(C)C. The van der Waals surface area contributed by atoms with E-state index in [9.17, 15) is 4.57 Å². The Bertz CT molecular complexity index is 691. The van der Waals surface area contributed by atoms with Crippen LogP contribution < -0.4 is 0 Å². The molecule has 0 N–H and O–H groups in total. The molecule has 0 aromatic heterocycles. The van der Waals surface area contributed by atoms with Crippen molar-refractivity contribution in [3.05, 3.63) is 11.6 Å². The Morgan fingerprint density at radius 3 is 2.38 bits per heavy atom. The van der Waals surface area contributed by atoms with E-state index in [1.165, 1.54) is 5.57 Å². The molecule has 29 heavy (non-hydrogen) atoms. The maximum Gasteiger partial charge on any atom is 0.345 e.